The SMILES string of the molecule is O=CNC(C(=O)O)c1cccc(OCc2ccccc2)c1. The first kappa shape index (κ1) is 14.6. The van der Waals surface area contributed by atoms with Crippen molar-refractivity contribution in [1.29, 1.82) is 0 Å². The summed E-state index contributed by atoms with van der Waals surface area (Å²) in [5.74, 6) is -0.572. The molecule has 0 aliphatic rings. The average molecular weight is 285 g/mol. The summed E-state index contributed by atoms with van der Waals surface area (Å²) in [7, 11) is 0. The lowest BCUT2D eigenvalue weighted by atomic mass is 10.1. The second-order valence-electron chi connectivity index (χ2n) is 4.40. The molecule has 0 saturated carbocycles. The van der Waals surface area contributed by atoms with Crippen molar-refractivity contribution in [3.63, 3.8) is 0 Å². The molecule has 0 aliphatic carbocycles. The van der Waals surface area contributed by atoms with E-state index in [4.69, 9.17) is 9.84 Å². The minimum Gasteiger partial charge on any atom is -0.489 e. The van der Waals surface area contributed by atoms with Crippen molar-refractivity contribution in [3.05, 3.63) is 65.7 Å². The number of carboxylic acid groups (broad SMARTS) is 1. The summed E-state index contributed by atoms with van der Waals surface area (Å²) in [5, 5.41) is 11.4. The highest BCUT2D eigenvalue weighted by Gasteiger charge is 2.19. The van der Waals surface area contributed by atoms with Gasteiger partial charge in [0.15, 0.2) is 6.04 Å². The molecule has 21 heavy (non-hydrogen) atoms. The number of benzene rings is 2. The monoisotopic (exact) mass is 285 g/mol. The van der Waals surface area contributed by atoms with Gasteiger partial charge in [-0.3, -0.25) is 4.79 Å². The van der Waals surface area contributed by atoms with Crippen molar-refractivity contribution < 1.29 is 19.4 Å². The summed E-state index contributed by atoms with van der Waals surface area (Å²) in [4.78, 5) is 21.6. The summed E-state index contributed by atoms with van der Waals surface area (Å²) >= 11 is 0. The van der Waals surface area contributed by atoms with Crippen LogP contribution >= 0.6 is 0 Å². The van der Waals surface area contributed by atoms with Gasteiger partial charge in [0.25, 0.3) is 0 Å². The van der Waals surface area contributed by atoms with Gasteiger partial charge in [-0.25, -0.2) is 4.79 Å². The van der Waals surface area contributed by atoms with Crippen LogP contribution in [0.1, 0.15) is 17.2 Å². The van der Waals surface area contributed by atoms with E-state index in [-0.39, 0.29) is 0 Å². The molecule has 1 unspecified atom stereocenters. The average Bonchev–Trinajstić information content (AvgIpc) is 2.51. The number of ether oxygens (including phenoxy) is 1. The molecule has 0 saturated heterocycles. The lowest BCUT2D eigenvalue weighted by Gasteiger charge is -2.13. The first-order chi connectivity index (χ1) is 10.2. The van der Waals surface area contributed by atoms with Crippen molar-refractivity contribution in [1.82, 2.24) is 5.32 Å². The van der Waals surface area contributed by atoms with E-state index in [0.29, 0.717) is 24.3 Å². The van der Waals surface area contributed by atoms with Crippen LogP contribution in [0.2, 0.25) is 0 Å². The number of hydrogen-bond acceptors (Lipinski definition) is 3. The normalized spacial score (nSPS) is 11.4. The number of hydrogen-bond donors (Lipinski definition) is 2. The van der Waals surface area contributed by atoms with Gasteiger partial charge in [0, 0.05) is 0 Å². The zero-order chi connectivity index (χ0) is 15.1. The zero-order valence-corrected chi connectivity index (χ0v) is 11.2. The van der Waals surface area contributed by atoms with Crippen LogP contribution in [0, 0.1) is 0 Å². The Hall–Kier alpha value is -2.82. The Morgan fingerprint density at radius 1 is 1.19 bits per heavy atom. The molecule has 108 valence electrons. The first-order valence-corrected chi connectivity index (χ1v) is 6.40. The van der Waals surface area contributed by atoms with E-state index >= 15 is 0 Å². The van der Waals surface area contributed by atoms with Gasteiger partial charge < -0.3 is 15.2 Å². The number of carbonyl (C=O) groups excluding carboxylic acids is 1. The van der Waals surface area contributed by atoms with Crippen LogP contribution in [0.3, 0.4) is 0 Å². The van der Waals surface area contributed by atoms with E-state index in [9.17, 15) is 9.59 Å². The third-order valence-electron chi connectivity index (χ3n) is 2.92. The number of nitrogens with one attached hydrogen (secondary N) is 1. The van der Waals surface area contributed by atoms with E-state index in [1.165, 1.54) is 0 Å². The molecule has 0 spiro atoms. The maximum atomic E-state index is 11.1. The topological polar surface area (TPSA) is 75.6 Å². The Kier molecular flexibility index (Phi) is 4.93. The second-order valence-corrected chi connectivity index (χ2v) is 4.40. The largest absolute Gasteiger partial charge is 0.489 e. The molecule has 0 aliphatic heterocycles. The molecule has 0 bridgehead atoms. The molecular formula is C16H15NO4. The molecule has 1 atom stereocenters. The van der Waals surface area contributed by atoms with E-state index in [1.54, 1.807) is 24.3 Å². The van der Waals surface area contributed by atoms with Crippen LogP contribution in [0.5, 0.6) is 5.75 Å². The molecule has 2 aromatic carbocycles. The number of rotatable bonds is 7. The zero-order valence-electron chi connectivity index (χ0n) is 11.2. The molecule has 2 N–H and O–H groups in total. The van der Waals surface area contributed by atoms with Crippen molar-refractivity contribution in [3.8, 4) is 5.75 Å². The summed E-state index contributed by atoms with van der Waals surface area (Å²) in [6.45, 7) is 0.392. The number of aliphatic carboxylic acids is 1. The number of amides is 1. The molecule has 5 nitrogen and oxygen atoms in total. The summed E-state index contributed by atoms with van der Waals surface area (Å²) in [6, 6.07) is 15.2. The van der Waals surface area contributed by atoms with Gasteiger partial charge in [-0.15, -0.1) is 0 Å². The predicted molar refractivity (Wildman–Crippen MR) is 76.8 cm³/mol. The maximum Gasteiger partial charge on any atom is 0.330 e. The van der Waals surface area contributed by atoms with Crippen LogP contribution in [-0.4, -0.2) is 17.5 Å². The molecule has 2 rings (SSSR count). The van der Waals surface area contributed by atoms with Gasteiger partial charge in [-0.2, -0.15) is 0 Å². The molecule has 0 radical (unpaired) electrons. The van der Waals surface area contributed by atoms with Crippen LogP contribution < -0.4 is 10.1 Å². The molecular weight excluding hydrogens is 270 g/mol. The number of carboxylic acids is 1. The Bertz CT molecular complexity index is 613. The highest BCUT2D eigenvalue weighted by molar-refractivity contribution is 5.78. The quantitative estimate of drug-likeness (QED) is 0.764. The van der Waals surface area contributed by atoms with Gasteiger partial charge >= 0.3 is 5.97 Å². The van der Waals surface area contributed by atoms with Gasteiger partial charge in [-0.05, 0) is 23.3 Å². The summed E-state index contributed by atoms with van der Waals surface area (Å²) < 4.78 is 5.63. The maximum absolute atomic E-state index is 11.1. The van der Waals surface area contributed by atoms with E-state index in [2.05, 4.69) is 5.32 Å². The van der Waals surface area contributed by atoms with Crippen molar-refractivity contribution >= 4 is 12.4 Å². The predicted octanol–water partition coefficient (Wildman–Crippen LogP) is 2.14. The van der Waals surface area contributed by atoms with Crippen LogP contribution in [0.4, 0.5) is 0 Å². The first-order valence-electron chi connectivity index (χ1n) is 6.40. The highest BCUT2D eigenvalue weighted by Crippen LogP contribution is 2.20. The molecule has 0 heterocycles. The van der Waals surface area contributed by atoms with E-state index in [1.807, 2.05) is 30.3 Å². The fourth-order valence-corrected chi connectivity index (χ4v) is 1.90. The molecule has 1 amide bonds. The Morgan fingerprint density at radius 3 is 2.62 bits per heavy atom. The second kappa shape index (κ2) is 7.09. The molecule has 0 fully saturated rings. The highest BCUT2D eigenvalue weighted by atomic mass is 16.5. The van der Waals surface area contributed by atoms with Crippen LogP contribution in [0.15, 0.2) is 54.6 Å². The van der Waals surface area contributed by atoms with E-state index in [0.717, 1.165) is 5.56 Å². The third-order valence-corrected chi connectivity index (χ3v) is 2.92. The molecule has 5 heteroatoms. The number of carbonyl (C=O) groups is 2. The summed E-state index contributed by atoms with van der Waals surface area (Å²) in [6.07, 6.45) is 0.371. The third kappa shape index (κ3) is 4.07. The van der Waals surface area contributed by atoms with Crippen LogP contribution in [0.25, 0.3) is 0 Å². The molecule has 2 aromatic rings. The van der Waals surface area contributed by atoms with Crippen molar-refractivity contribution in [2.75, 3.05) is 0 Å². The Labute approximate surface area is 122 Å². The van der Waals surface area contributed by atoms with Crippen molar-refractivity contribution in [2.45, 2.75) is 12.6 Å². The molecule has 0 aromatic heterocycles. The van der Waals surface area contributed by atoms with E-state index < -0.39 is 12.0 Å². The van der Waals surface area contributed by atoms with Gasteiger partial charge in [0.05, 0.1) is 0 Å². The van der Waals surface area contributed by atoms with Crippen molar-refractivity contribution in [2.24, 2.45) is 0 Å². The Balaban J connectivity index is 2.10. The van der Waals surface area contributed by atoms with Gasteiger partial charge in [-0.1, -0.05) is 42.5 Å². The Morgan fingerprint density at radius 2 is 1.95 bits per heavy atom. The lowest BCUT2D eigenvalue weighted by Crippen LogP contribution is -2.27. The van der Waals surface area contributed by atoms with Crippen LogP contribution in [-0.2, 0) is 16.2 Å². The minimum atomic E-state index is -1.12. The van der Waals surface area contributed by atoms with Gasteiger partial charge in [0.2, 0.25) is 6.41 Å². The van der Waals surface area contributed by atoms with Gasteiger partial charge in [0.1, 0.15) is 12.4 Å². The lowest BCUT2D eigenvalue weighted by molar-refractivity contribution is -0.140. The summed E-state index contributed by atoms with van der Waals surface area (Å²) in [5.41, 5.74) is 1.48. The minimum absolute atomic E-state index is 0.371. The fourth-order valence-electron chi connectivity index (χ4n) is 1.90. The fraction of sp³-hybridized carbons (Fsp3) is 0.125. The smallest absolute Gasteiger partial charge is 0.330 e. The standard InChI is InChI=1S/C16H15NO4/c18-11-17-15(16(19)20)13-7-4-8-14(9-13)21-10-12-5-2-1-3-6-12/h1-9,11,15H,10H2,(H,17,18)(H,19,20).